The fraction of sp³-hybridized carbons (Fsp3) is 0.462. The van der Waals surface area contributed by atoms with Crippen LogP contribution >= 0.6 is 0 Å². The molecule has 4 aliphatic heterocycles. The van der Waals surface area contributed by atoms with Crippen LogP contribution in [0.15, 0.2) is 23.0 Å². The summed E-state index contributed by atoms with van der Waals surface area (Å²) < 4.78 is 33.2. The molecule has 4 aliphatic rings. The van der Waals surface area contributed by atoms with Gasteiger partial charge >= 0.3 is 6.03 Å². The van der Waals surface area contributed by atoms with Gasteiger partial charge in [0.25, 0.3) is 0 Å². The number of imide groups is 2. The number of fused-ring (bicyclic) bond motifs is 5. The first kappa shape index (κ1) is 24.8. The van der Waals surface area contributed by atoms with Gasteiger partial charge in [-0.2, -0.15) is 0 Å². The maximum Gasteiger partial charge on any atom is 0.328 e. The van der Waals surface area contributed by atoms with Crippen molar-refractivity contribution in [2.75, 3.05) is 42.6 Å². The molecule has 3 fully saturated rings. The molecule has 3 atom stereocenters. The van der Waals surface area contributed by atoms with E-state index in [1.54, 1.807) is 30.3 Å². The molecule has 2 aromatic heterocycles. The number of nitrogens with one attached hydrogen (secondary N) is 2. The Morgan fingerprint density at radius 2 is 1.82 bits per heavy atom. The number of hydrogen-bond acceptors (Lipinski definition) is 11. The number of barbiturate groups is 1. The zero-order chi connectivity index (χ0) is 27.8. The van der Waals surface area contributed by atoms with Gasteiger partial charge in [0, 0.05) is 26.1 Å². The van der Waals surface area contributed by atoms with Gasteiger partial charge in [0.1, 0.15) is 17.2 Å². The van der Waals surface area contributed by atoms with Crippen molar-refractivity contribution in [3.05, 3.63) is 29.8 Å². The average Bonchev–Trinajstić information content (AvgIpc) is 3.36. The summed E-state index contributed by atoms with van der Waals surface area (Å²) >= 11 is 0. The van der Waals surface area contributed by atoms with Gasteiger partial charge in [-0.25, -0.2) is 19.2 Å². The van der Waals surface area contributed by atoms with Gasteiger partial charge in [-0.05, 0) is 25.5 Å². The van der Waals surface area contributed by atoms with Crippen LogP contribution in [-0.2, 0) is 25.5 Å². The van der Waals surface area contributed by atoms with E-state index in [2.05, 4.69) is 30.7 Å². The third-order valence-corrected chi connectivity index (χ3v) is 8.18. The predicted octanol–water partition coefficient (Wildman–Crippen LogP) is 1.15. The van der Waals surface area contributed by atoms with Crippen LogP contribution in [0.1, 0.15) is 19.4 Å². The number of aromatic nitrogens is 3. The van der Waals surface area contributed by atoms with Crippen molar-refractivity contribution in [3.8, 4) is 11.4 Å². The average molecular weight is 552 g/mol. The summed E-state index contributed by atoms with van der Waals surface area (Å²) in [6, 6.07) is -0.0771. The third-order valence-electron chi connectivity index (χ3n) is 8.18. The number of ether oxygens (including phenoxy) is 2. The number of halogens is 1. The molecule has 7 rings (SSSR count). The van der Waals surface area contributed by atoms with Crippen molar-refractivity contribution in [3.63, 3.8) is 0 Å². The van der Waals surface area contributed by atoms with Crippen LogP contribution in [-0.4, -0.2) is 84.1 Å². The summed E-state index contributed by atoms with van der Waals surface area (Å²) in [4.78, 5) is 51.5. The van der Waals surface area contributed by atoms with Crippen molar-refractivity contribution in [1.29, 1.82) is 0 Å². The summed E-state index contributed by atoms with van der Waals surface area (Å²) in [6.45, 7) is 6.40. The Kier molecular flexibility index (Phi) is 5.54. The molecular formula is C26H26FN7O6. The van der Waals surface area contributed by atoms with Gasteiger partial charge in [0.2, 0.25) is 17.4 Å². The minimum absolute atomic E-state index is 0.0676. The molecule has 40 heavy (non-hydrogen) atoms. The molecule has 2 N–H and O–H groups in total. The van der Waals surface area contributed by atoms with E-state index >= 15 is 4.39 Å². The number of urea groups is 1. The Morgan fingerprint density at radius 1 is 1.07 bits per heavy atom. The number of rotatable bonds is 2. The predicted molar refractivity (Wildman–Crippen MR) is 137 cm³/mol. The van der Waals surface area contributed by atoms with Crippen molar-refractivity contribution in [1.82, 2.24) is 25.8 Å². The van der Waals surface area contributed by atoms with Gasteiger partial charge in [0.15, 0.2) is 11.2 Å². The maximum absolute atomic E-state index is 16.3. The Morgan fingerprint density at radius 3 is 2.52 bits per heavy atom. The highest BCUT2D eigenvalue weighted by Crippen LogP contribution is 2.49. The first-order valence-corrected chi connectivity index (χ1v) is 13.1. The van der Waals surface area contributed by atoms with Crippen molar-refractivity contribution in [2.45, 2.75) is 38.5 Å². The lowest BCUT2D eigenvalue weighted by atomic mass is 9.66. The number of anilines is 2. The second-order valence-electron chi connectivity index (χ2n) is 10.6. The van der Waals surface area contributed by atoms with Crippen LogP contribution in [0.5, 0.6) is 0 Å². The normalized spacial score (nSPS) is 26.0. The Balaban J connectivity index is 1.35. The van der Waals surface area contributed by atoms with Crippen LogP contribution in [0.25, 0.3) is 22.4 Å². The molecule has 3 aromatic rings. The van der Waals surface area contributed by atoms with Gasteiger partial charge in [-0.1, -0.05) is 5.16 Å². The summed E-state index contributed by atoms with van der Waals surface area (Å²) in [5.41, 5.74) is -0.501. The lowest BCUT2D eigenvalue weighted by molar-refractivity contribution is -0.153. The van der Waals surface area contributed by atoms with E-state index in [-0.39, 0.29) is 36.0 Å². The summed E-state index contributed by atoms with van der Waals surface area (Å²) in [5, 5.41) is 8.92. The lowest BCUT2D eigenvalue weighted by Crippen LogP contribution is -2.75. The van der Waals surface area contributed by atoms with E-state index in [9.17, 15) is 14.4 Å². The molecule has 0 bridgehead atoms. The number of morpholine rings is 2. The lowest BCUT2D eigenvalue weighted by Gasteiger charge is -2.55. The molecule has 0 saturated carbocycles. The van der Waals surface area contributed by atoms with Crippen molar-refractivity contribution < 1.29 is 32.8 Å². The molecule has 208 valence electrons. The number of hydrogen-bond donors (Lipinski definition) is 2. The van der Waals surface area contributed by atoms with Crippen LogP contribution in [0.2, 0.25) is 0 Å². The number of benzene rings is 1. The number of amides is 4. The fourth-order valence-corrected chi connectivity index (χ4v) is 6.53. The monoisotopic (exact) mass is 551 g/mol. The standard InChI is InChI=1S/C26H26FN7O6/c1-12-11-34-20-14(8-26(22(34)13(2)39-12)23(35)30-25(37)31-24(26)36)7-15-19(32-40-21(15)18(20)27)16-9-29-17(10-28-16)33-3-5-38-6-4-33/h7,9-10,12-13,22H,3-6,8,11H2,1-2H3,(H2,30,31,35,36,37)/t12-,13+,22-/m1/s1. The summed E-state index contributed by atoms with van der Waals surface area (Å²) in [7, 11) is 0. The van der Waals surface area contributed by atoms with Crippen molar-refractivity contribution in [2.24, 2.45) is 5.41 Å². The summed E-state index contributed by atoms with van der Waals surface area (Å²) in [6.07, 6.45) is 2.08. The van der Waals surface area contributed by atoms with E-state index in [1.807, 2.05) is 6.92 Å². The van der Waals surface area contributed by atoms with Gasteiger partial charge < -0.3 is 23.8 Å². The maximum atomic E-state index is 16.3. The van der Waals surface area contributed by atoms with E-state index in [4.69, 9.17) is 14.0 Å². The minimum Gasteiger partial charge on any atom is -0.378 e. The highest BCUT2D eigenvalue weighted by molar-refractivity contribution is 6.20. The quantitative estimate of drug-likeness (QED) is 0.441. The largest absolute Gasteiger partial charge is 0.378 e. The summed E-state index contributed by atoms with van der Waals surface area (Å²) in [5.74, 6) is -1.46. The first-order chi connectivity index (χ1) is 19.3. The molecule has 1 aromatic carbocycles. The second-order valence-corrected chi connectivity index (χ2v) is 10.6. The van der Waals surface area contributed by atoms with Crippen LogP contribution in [0.4, 0.5) is 20.7 Å². The smallest absolute Gasteiger partial charge is 0.328 e. The Hall–Kier alpha value is -4.17. The van der Waals surface area contributed by atoms with Gasteiger partial charge in [-0.3, -0.25) is 20.2 Å². The van der Waals surface area contributed by atoms with Crippen molar-refractivity contribution >= 4 is 40.3 Å². The van der Waals surface area contributed by atoms with Crippen LogP contribution < -0.4 is 20.4 Å². The molecular weight excluding hydrogens is 525 g/mol. The molecule has 4 amide bonds. The SMILES string of the molecule is C[C@@H]1CN2c3c(cc4c(-c5cnc(N6CCOCC6)cn5)noc4c3F)CC3(C(=O)NC(=O)NC3=O)[C@H]2[C@H](C)O1. The highest BCUT2D eigenvalue weighted by atomic mass is 19.1. The number of carbonyl (C=O) groups excluding carboxylic acids is 3. The van der Waals surface area contributed by atoms with Crippen LogP contribution in [0, 0.1) is 11.2 Å². The minimum atomic E-state index is -1.72. The molecule has 0 aliphatic carbocycles. The van der Waals surface area contributed by atoms with E-state index in [0.29, 0.717) is 48.8 Å². The molecule has 14 heteroatoms. The highest BCUT2D eigenvalue weighted by Gasteiger charge is 2.63. The van der Waals surface area contributed by atoms with E-state index in [1.165, 1.54) is 0 Å². The van der Waals surface area contributed by atoms with Gasteiger partial charge in [-0.15, -0.1) is 0 Å². The van der Waals surface area contributed by atoms with E-state index < -0.39 is 41.2 Å². The topological polar surface area (TPSA) is 152 Å². The zero-order valence-electron chi connectivity index (χ0n) is 21.8. The van der Waals surface area contributed by atoms with Gasteiger partial charge in [0.05, 0.1) is 54.9 Å². The number of nitrogens with zero attached hydrogens (tertiary/aromatic N) is 5. The Labute approximate surface area is 227 Å². The molecule has 3 saturated heterocycles. The van der Waals surface area contributed by atoms with E-state index in [0.717, 1.165) is 0 Å². The second kappa shape index (κ2) is 8.93. The fourth-order valence-electron chi connectivity index (χ4n) is 6.53. The number of carbonyl (C=O) groups is 3. The molecule has 1 spiro atoms. The molecule has 6 heterocycles. The molecule has 13 nitrogen and oxygen atoms in total. The Bertz CT molecular complexity index is 1530. The van der Waals surface area contributed by atoms with Crippen LogP contribution in [0.3, 0.4) is 0 Å². The first-order valence-electron chi connectivity index (χ1n) is 13.1. The third kappa shape index (κ3) is 3.52. The molecule has 0 radical (unpaired) electrons. The molecule has 0 unspecified atom stereocenters. The zero-order valence-corrected chi connectivity index (χ0v) is 21.8.